The molecule has 0 aliphatic carbocycles. The second-order valence-electron chi connectivity index (χ2n) is 7.20. The van der Waals surface area contributed by atoms with Gasteiger partial charge in [-0.2, -0.15) is 0 Å². The summed E-state index contributed by atoms with van der Waals surface area (Å²) in [5.74, 6) is 2.96. The molecule has 1 N–H and O–H groups in total. The van der Waals surface area contributed by atoms with Crippen molar-refractivity contribution in [2.75, 3.05) is 13.1 Å². The van der Waals surface area contributed by atoms with Crippen LogP contribution in [-0.4, -0.2) is 29.9 Å². The normalized spacial score (nSPS) is 20.7. The second-order valence-corrected chi connectivity index (χ2v) is 7.20. The molecule has 0 spiro atoms. The van der Waals surface area contributed by atoms with Gasteiger partial charge in [0, 0.05) is 25.4 Å². The SMILES string of the molecule is CC(=O)N[C@@H]1CN(Cc2oc3ccccc3c2C)C[C@H]1c1ccc(C)o1. The predicted molar refractivity (Wildman–Crippen MR) is 100 cm³/mol. The lowest BCUT2D eigenvalue weighted by molar-refractivity contribution is -0.119. The van der Waals surface area contributed by atoms with E-state index in [1.165, 1.54) is 10.9 Å². The first-order chi connectivity index (χ1) is 12.5. The molecule has 5 nitrogen and oxygen atoms in total. The molecule has 4 rings (SSSR count). The molecular formula is C21H24N2O3. The fraction of sp³-hybridized carbons (Fsp3) is 0.381. The quantitative estimate of drug-likeness (QED) is 0.777. The molecule has 1 amide bonds. The molecule has 1 aromatic carbocycles. The van der Waals surface area contributed by atoms with Crippen molar-refractivity contribution in [3.05, 3.63) is 59.2 Å². The number of aryl methyl sites for hydroxylation is 2. The third kappa shape index (κ3) is 3.15. The van der Waals surface area contributed by atoms with Gasteiger partial charge >= 0.3 is 0 Å². The highest BCUT2D eigenvalue weighted by molar-refractivity contribution is 5.81. The van der Waals surface area contributed by atoms with Gasteiger partial charge in [-0.15, -0.1) is 0 Å². The lowest BCUT2D eigenvalue weighted by Gasteiger charge is -2.17. The average molecular weight is 352 g/mol. The van der Waals surface area contributed by atoms with Crippen LogP contribution in [0.5, 0.6) is 0 Å². The van der Waals surface area contributed by atoms with Crippen LogP contribution in [0.25, 0.3) is 11.0 Å². The van der Waals surface area contributed by atoms with Crippen molar-refractivity contribution in [2.45, 2.75) is 39.3 Å². The fourth-order valence-corrected chi connectivity index (χ4v) is 3.94. The van der Waals surface area contributed by atoms with E-state index in [4.69, 9.17) is 8.83 Å². The highest BCUT2D eigenvalue weighted by atomic mass is 16.3. The highest BCUT2D eigenvalue weighted by Crippen LogP contribution is 2.32. The summed E-state index contributed by atoms with van der Waals surface area (Å²) in [6, 6.07) is 12.2. The zero-order valence-electron chi connectivity index (χ0n) is 15.4. The summed E-state index contributed by atoms with van der Waals surface area (Å²) in [5.41, 5.74) is 2.12. The maximum atomic E-state index is 11.6. The minimum Gasteiger partial charge on any atom is -0.466 e. The Morgan fingerprint density at radius 2 is 1.96 bits per heavy atom. The van der Waals surface area contributed by atoms with E-state index < -0.39 is 0 Å². The van der Waals surface area contributed by atoms with E-state index in [1.54, 1.807) is 6.92 Å². The Balaban J connectivity index is 1.57. The topological polar surface area (TPSA) is 58.6 Å². The van der Waals surface area contributed by atoms with Gasteiger partial charge in [0.1, 0.15) is 22.9 Å². The maximum absolute atomic E-state index is 11.6. The maximum Gasteiger partial charge on any atom is 0.217 e. The molecule has 1 saturated heterocycles. The molecule has 0 unspecified atom stereocenters. The molecule has 136 valence electrons. The van der Waals surface area contributed by atoms with Gasteiger partial charge in [-0.3, -0.25) is 9.69 Å². The molecule has 1 aliphatic rings. The summed E-state index contributed by atoms with van der Waals surface area (Å²) in [4.78, 5) is 14.0. The van der Waals surface area contributed by atoms with Crippen LogP contribution in [0.1, 0.15) is 35.7 Å². The summed E-state index contributed by atoms with van der Waals surface area (Å²) < 4.78 is 11.9. The van der Waals surface area contributed by atoms with Crippen molar-refractivity contribution < 1.29 is 13.6 Å². The summed E-state index contributed by atoms with van der Waals surface area (Å²) in [5, 5.41) is 4.25. The molecule has 2 atom stereocenters. The number of furan rings is 2. The van der Waals surface area contributed by atoms with Gasteiger partial charge in [-0.25, -0.2) is 0 Å². The van der Waals surface area contributed by atoms with Gasteiger partial charge in [0.25, 0.3) is 0 Å². The lowest BCUT2D eigenvalue weighted by Crippen LogP contribution is -2.38. The van der Waals surface area contributed by atoms with E-state index in [0.29, 0.717) is 0 Å². The smallest absolute Gasteiger partial charge is 0.217 e. The van der Waals surface area contributed by atoms with Gasteiger partial charge in [0.05, 0.1) is 18.5 Å². The van der Waals surface area contributed by atoms with Gasteiger partial charge in [-0.05, 0) is 37.6 Å². The van der Waals surface area contributed by atoms with Crippen LogP contribution in [0.4, 0.5) is 0 Å². The molecule has 1 fully saturated rings. The van der Waals surface area contributed by atoms with Crippen LogP contribution >= 0.6 is 0 Å². The van der Waals surface area contributed by atoms with Gasteiger partial charge in [0.2, 0.25) is 5.91 Å². The Labute approximate surface area is 153 Å². The largest absolute Gasteiger partial charge is 0.466 e. The zero-order valence-corrected chi connectivity index (χ0v) is 15.4. The number of nitrogens with zero attached hydrogens (tertiary/aromatic N) is 1. The predicted octanol–water partition coefficient (Wildman–Crippen LogP) is 3.75. The first-order valence-electron chi connectivity index (χ1n) is 9.04. The van der Waals surface area contributed by atoms with Gasteiger partial charge in [0.15, 0.2) is 0 Å². The van der Waals surface area contributed by atoms with Crippen LogP contribution in [-0.2, 0) is 11.3 Å². The molecule has 0 saturated carbocycles. The molecule has 1 aliphatic heterocycles. The third-order valence-corrected chi connectivity index (χ3v) is 5.22. The fourth-order valence-electron chi connectivity index (χ4n) is 3.94. The number of nitrogens with one attached hydrogen (secondary N) is 1. The van der Waals surface area contributed by atoms with Crippen molar-refractivity contribution in [3.8, 4) is 0 Å². The Morgan fingerprint density at radius 3 is 2.65 bits per heavy atom. The number of likely N-dealkylation sites (tertiary alicyclic amines) is 1. The van der Waals surface area contributed by atoms with Crippen molar-refractivity contribution in [1.29, 1.82) is 0 Å². The number of carbonyl (C=O) groups is 1. The summed E-state index contributed by atoms with van der Waals surface area (Å²) in [7, 11) is 0. The van der Waals surface area contributed by atoms with Crippen LogP contribution < -0.4 is 5.32 Å². The number of benzene rings is 1. The summed E-state index contributed by atoms with van der Waals surface area (Å²) in [6.45, 7) is 7.95. The number of para-hydroxylation sites is 1. The second kappa shape index (κ2) is 6.65. The van der Waals surface area contributed by atoms with E-state index in [1.807, 2.05) is 37.3 Å². The van der Waals surface area contributed by atoms with Crippen molar-refractivity contribution in [1.82, 2.24) is 10.2 Å². The van der Waals surface area contributed by atoms with Crippen LogP contribution in [0.2, 0.25) is 0 Å². The van der Waals surface area contributed by atoms with Gasteiger partial charge in [-0.1, -0.05) is 18.2 Å². The highest BCUT2D eigenvalue weighted by Gasteiger charge is 2.36. The van der Waals surface area contributed by atoms with Crippen LogP contribution in [0.3, 0.4) is 0 Å². The molecule has 2 aromatic heterocycles. The van der Waals surface area contributed by atoms with Crippen molar-refractivity contribution >= 4 is 16.9 Å². The Kier molecular flexibility index (Phi) is 4.32. The molecule has 3 heterocycles. The van der Waals surface area contributed by atoms with E-state index in [2.05, 4.69) is 23.2 Å². The van der Waals surface area contributed by atoms with Crippen molar-refractivity contribution in [2.24, 2.45) is 0 Å². The van der Waals surface area contributed by atoms with E-state index in [0.717, 1.165) is 42.5 Å². The van der Waals surface area contributed by atoms with Crippen molar-refractivity contribution in [3.63, 3.8) is 0 Å². The lowest BCUT2D eigenvalue weighted by atomic mass is 10.0. The number of rotatable bonds is 4. The van der Waals surface area contributed by atoms with Gasteiger partial charge < -0.3 is 14.2 Å². The first-order valence-corrected chi connectivity index (χ1v) is 9.04. The van der Waals surface area contributed by atoms with E-state index >= 15 is 0 Å². The monoisotopic (exact) mass is 352 g/mol. The standard InChI is InChI=1S/C21H24N2O3/c1-13-8-9-20(25-13)17-10-23(11-18(17)22-15(3)24)12-21-14(2)16-6-4-5-7-19(16)26-21/h4-9,17-18H,10-12H2,1-3H3,(H,22,24)/t17-,18-/m1/s1. The minimum absolute atomic E-state index is 0.00922. The molecule has 3 aromatic rings. The zero-order chi connectivity index (χ0) is 18.3. The van der Waals surface area contributed by atoms with Crippen LogP contribution in [0, 0.1) is 13.8 Å². The molecule has 26 heavy (non-hydrogen) atoms. The number of fused-ring (bicyclic) bond motifs is 1. The first kappa shape index (κ1) is 16.9. The number of carbonyl (C=O) groups excluding carboxylic acids is 1. The molecule has 0 bridgehead atoms. The number of hydrogen-bond donors (Lipinski definition) is 1. The molecule has 0 radical (unpaired) electrons. The summed E-state index contributed by atoms with van der Waals surface area (Å²) in [6.07, 6.45) is 0. The van der Waals surface area contributed by atoms with E-state index in [9.17, 15) is 4.79 Å². The average Bonchev–Trinajstić information content (AvgIpc) is 3.27. The third-order valence-electron chi connectivity index (χ3n) is 5.22. The molecule has 5 heteroatoms. The number of hydrogen-bond acceptors (Lipinski definition) is 4. The Hall–Kier alpha value is -2.53. The molecular weight excluding hydrogens is 328 g/mol. The Morgan fingerprint density at radius 1 is 1.15 bits per heavy atom. The summed E-state index contributed by atoms with van der Waals surface area (Å²) >= 11 is 0. The Bertz CT molecular complexity index is 940. The number of amides is 1. The van der Waals surface area contributed by atoms with Crippen LogP contribution in [0.15, 0.2) is 45.2 Å². The van der Waals surface area contributed by atoms with E-state index in [-0.39, 0.29) is 17.9 Å². The minimum atomic E-state index is -0.00922.